The number of nitro benzene ring substituents is 1. The zero-order valence-corrected chi connectivity index (χ0v) is 16.1. The first-order valence-corrected chi connectivity index (χ1v) is 9.21. The Kier molecular flexibility index (Phi) is 5.34. The third-order valence-corrected chi connectivity index (χ3v) is 5.23. The molecule has 1 heterocycles. The highest BCUT2D eigenvalue weighted by Gasteiger charge is 2.30. The van der Waals surface area contributed by atoms with Crippen molar-refractivity contribution in [2.45, 2.75) is 51.7 Å². The van der Waals surface area contributed by atoms with Crippen LogP contribution in [0.5, 0.6) is 5.75 Å². The second-order valence-electron chi connectivity index (χ2n) is 7.88. The first-order chi connectivity index (χ1) is 12.3. The molecule has 2 aliphatic rings. The Balaban J connectivity index is 1.85. The Morgan fingerprint density at radius 3 is 2.62 bits per heavy atom. The lowest BCUT2D eigenvalue weighted by Gasteiger charge is -2.40. The third kappa shape index (κ3) is 4.07. The molecule has 1 aromatic rings. The molecule has 6 heteroatoms. The van der Waals surface area contributed by atoms with Gasteiger partial charge in [0.1, 0.15) is 0 Å². The van der Waals surface area contributed by atoms with E-state index < -0.39 is 0 Å². The molecule has 1 aromatic carbocycles. The van der Waals surface area contributed by atoms with Crippen LogP contribution in [0.3, 0.4) is 0 Å². The normalized spacial score (nSPS) is 18.5. The highest BCUT2D eigenvalue weighted by atomic mass is 16.6. The lowest BCUT2D eigenvalue weighted by atomic mass is 9.92. The molecular weight excluding hydrogens is 332 g/mol. The summed E-state index contributed by atoms with van der Waals surface area (Å²) < 4.78 is 11.2. The minimum atomic E-state index is -0.348. The van der Waals surface area contributed by atoms with Crippen molar-refractivity contribution in [3.8, 4) is 5.75 Å². The molecule has 1 saturated carbocycles. The second kappa shape index (κ2) is 7.37. The number of nitrogens with zero attached hydrogens (tertiary/aromatic N) is 2. The van der Waals surface area contributed by atoms with Gasteiger partial charge in [-0.1, -0.05) is 6.08 Å². The molecule has 142 valence electrons. The van der Waals surface area contributed by atoms with Gasteiger partial charge in [-0.15, -0.1) is 0 Å². The van der Waals surface area contributed by atoms with Crippen LogP contribution in [0.2, 0.25) is 0 Å². The highest BCUT2D eigenvalue weighted by molar-refractivity contribution is 5.72. The summed E-state index contributed by atoms with van der Waals surface area (Å²) in [6, 6.07) is 3.52. The number of benzene rings is 1. The Bertz CT molecular complexity index is 723. The van der Waals surface area contributed by atoms with Crippen LogP contribution in [-0.4, -0.2) is 48.3 Å². The van der Waals surface area contributed by atoms with Gasteiger partial charge < -0.3 is 9.47 Å². The fourth-order valence-corrected chi connectivity index (χ4v) is 3.53. The number of aryl methyl sites for hydroxylation is 1. The minimum absolute atomic E-state index is 0.0124. The molecule has 0 aromatic heterocycles. The van der Waals surface area contributed by atoms with Gasteiger partial charge in [0.2, 0.25) is 0 Å². The summed E-state index contributed by atoms with van der Waals surface area (Å²) in [6.45, 7) is 8.79. The first kappa shape index (κ1) is 18.9. The molecule has 0 N–H and O–H groups in total. The summed E-state index contributed by atoms with van der Waals surface area (Å²) in [7, 11) is 1.73. The van der Waals surface area contributed by atoms with E-state index in [1.165, 1.54) is 5.57 Å². The van der Waals surface area contributed by atoms with E-state index in [2.05, 4.69) is 24.8 Å². The van der Waals surface area contributed by atoms with Gasteiger partial charge in [0.15, 0.2) is 5.75 Å². The lowest BCUT2D eigenvalue weighted by Crippen LogP contribution is -2.49. The molecule has 1 aliphatic carbocycles. The van der Waals surface area contributed by atoms with Crippen molar-refractivity contribution in [3.05, 3.63) is 39.4 Å². The van der Waals surface area contributed by atoms with Gasteiger partial charge in [0.05, 0.1) is 17.6 Å². The SMILES string of the molecule is COCC(C)(C)N1CC=C(c2cc(OC3CC3)c([N+](=O)[O-])cc2C)CC1. The molecule has 0 unspecified atom stereocenters. The van der Waals surface area contributed by atoms with Crippen molar-refractivity contribution in [2.24, 2.45) is 0 Å². The van der Waals surface area contributed by atoms with Crippen LogP contribution in [0.4, 0.5) is 5.69 Å². The highest BCUT2D eigenvalue weighted by Crippen LogP contribution is 2.38. The Morgan fingerprint density at radius 1 is 1.35 bits per heavy atom. The van der Waals surface area contributed by atoms with E-state index in [0.717, 1.165) is 43.5 Å². The summed E-state index contributed by atoms with van der Waals surface area (Å²) in [5.41, 5.74) is 3.28. The van der Waals surface area contributed by atoms with Crippen LogP contribution in [0, 0.1) is 17.0 Å². The largest absolute Gasteiger partial charge is 0.483 e. The molecule has 0 bridgehead atoms. The van der Waals surface area contributed by atoms with Gasteiger partial charge in [-0.2, -0.15) is 0 Å². The molecule has 1 aliphatic heterocycles. The summed E-state index contributed by atoms with van der Waals surface area (Å²) in [4.78, 5) is 13.4. The number of nitro groups is 1. The molecule has 0 saturated heterocycles. The molecule has 0 radical (unpaired) electrons. The quantitative estimate of drug-likeness (QED) is 0.544. The standard InChI is InChI=1S/C20H28N2O4/c1-14-11-18(22(23)24)19(26-16-5-6-16)12-17(14)15-7-9-21(10-8-15)20(2,3)13-25-4/h7,11-12,16H,5-6,8-10,13H2,1-4H3. The maximum absolute atomic E-state index is 11.4. The van der Waals surface area contributed by atoms with E-state index in [9.17, 15) is 10.1 Å². The van der Waals surface area contributed by atoms with E-state index in [4.69, 9.17) is 9.47 Å². The molecule has 0 spiro atoms. The molecule has 3 rings (SSSR count). The van der Waals surface area contributed by atoms with E-state index >= 15 is 0 Å². The first-order valence-electron chi connectivity index (χ1n) is 9.21. The van der Waals surface area contributed by atoms with Gasteiger partial charge in [-0.3, -0.25) is 15.0 Å². The van der Waals surface area contributed by atoms with Gasteiger partial charge in [0, 0.05) is 31.8 Å². The van der Waals surface area contributed by atoms with Crippen LogP contribution >= 0.6 is 0 Å². The van der Waals surface area contributed by atoms with Crippen LogP contribution in [0.25, 0.3) is 5.57 Å². The Morgan fingerprint density at radius 2 is 2.08 bits per heavy atom. The Labute approximate surface area is 154 Å². The smallest absolute Gasteiger partial charge is 0.311 e. The minimum Gasteiger partial charge on any atom is -0.483 e. The fraction of sp³-hybridized carbons (Fsp3) is 0.600. The maximum Gasteiger partial charge on any atom is 0.311 e. The van der Waals surface area contributed by atoms with Crippen molar-refractivity contribution >= 4 is 11.3 Å². The third-order valence-electron chi connectivity index (χ3n) is 5.23. The van der Waals surface area contributed by atoms with Gasteiger partial charge in [0.25, 0.3) is 0 Å². The molecule has 6 nitrogen and oxygen atoms in total. The fourth-order valence-electron chi connectivity index (χ4n) is 3.53. The van der Waals surface area contributed by atoms with E-state index in [1.807, 2.05) is 13.0 Å². The van der Waals surface area contributed by atoms with Gasteiger partial charge in [-0.05, 0) is 62.8 Å². The van der Waals surface area contributed by atoms with E-state index in [-0.39, 0.29) is 22.3 Å². The molecule has 26 heavy (non-hydrogen) atoms. The number of hydrogen-bond acceptors (Lipinski definition) is 5. The van der Waals surface area contributed by atoms with E-state index in [1.54, 1.807) is 13.2 Å². The number of methoxy groups -OCH3 is 1. The molecule has 0 amide bonds. The predicted molar refractivity (Wildman–Crippen MR) is 102 cm³/mol. The number of ether oxygens (including phenoxy) is 2. The monoisotopic (exact) mass is 360 g/mol. The zero-order valence-electron chi connectivity index (χ0n) is 16.1. The summed E-state index contributed by atoms with van der Waals surface area (Å²) in [6.07, 6.45) is 5.24. The number of hydrogen-bond donors (Lipinski definition) is 0. The second-order valence-corrected chi connectivity index (χ2v) is 7.88. The molecule has 1 fully saturated rings. The predicted octanol–water partition coefficient (Wildman–Crippen LogP) is 3.96. The molecular formula is C20H28N2O4. The number of rotatable bonds is 7. The maximum atomic E-state index is 11.4. The van der Waals surface area contributed by atoms with Crippen molar-refractivity contribution in [2.75, 3.05) is 26.8 Å². The topological polar surface area (TPSA) is 64.8 Å². The zero-order chi connectivity index (χ0) is 18.9. The average molecular weight is 360 g/mol. The summed E-state index contributed by atoms with van der Waals surface area (Å²) in [5, 5.41) is 11.4. The average Bonchev–Trinajstić information content (AvgIpc) is 3.40. The van der Waals surface area contributed by atoms with Gasteiger partial charge >= 0.3 is 5.69 Å². The van der Waals surface area contributed by atoms with Crippen molar-refractivity contribution in [1.29, 1.82) is 0 Å². The Hall–Kier alpha value is -1.92. The van der Waals surface area contributed by atoms with Crippen molar-refractivity contribution < 1.29 is 14.4 Å². The van der Waals surface area contributed by atoms with Gasteiger partial charge in [-0.25, -0.2) is 0 Å². The van der Waals surface area contributed by atoms with Crippen LogP contribution in [-0.2, 0) is 4.74 Å². The van der Waals surface area contributed by atoms with E-state index in [0.29, 0.717) is 12.4 Å². The summed E-state index contributed by atoms with van der Waals surface area (Å²) >= 11 is 0. The van der Waals surface area contributed by atoms with Crippen LogP contribution < -0.4 is 4.74 Å². The van der Waals surface area contributed by atoms with Crippen molar-refractivity contribution in [1.82, 2.24) is 4.90 Å². The lowest BCUT2D eigenvalue weighted by molar-refractivity contribution is -0.386. The van der Waals surface area contributed by atoms with Crippen LogP contribution in [0.15, 0.2) is 18.2 Å². The molecule has 0 atom stereocenters. The van der Waals surface area contributed by atoms with Crippen molar-refractivity contribution in [3.63, 3.8) is 0 Å². The van der Waals surface area contributed by atoms with Crippen LogP contribution in [0.1, 0.15) is 44.2 Å². The summed E-state index contributed by atoms with van der Waals surface area (Å²) in [5.74, 6) is 0.404.